The van der Waals surface area contributed by atoms with Crippen LogP contribution in [0.5, 0.6) is 0 Å². The quantitative estimate of drug-likeness (QED) is 0.849. The van der Waals surface area contributed by atoms with E-state index in [1.165, 1.54) is 0 Å². The fourth-order valence-electron chi connectivity index (χ4n) is 1.57. The van der Waals surface area contributed by atoms with Gasteiger partial charge in [-0.1, -0.05) is 30.3 Å². The van der Waals surface area contributed by atoms with Crippen LogP contribution in [0.4, 0.5) is 0 Å². The topological polar surface area (TPSA) is 62.2 Å². The predicted octanol–water partition coefficient (Wildman–Crippen LogP) is 2.27. The van der Waals surface area contributed by atoms with Gasteiger partial charge in [0.2, 0.25) is 0 Å². The van der Waals surface area contributed by atoms with Gasteiger partial charge in [0, 0.05) is 6.54 Å². The van der Waals surface area contributed by atoms with Crippen LogP contribution in [0.25, 0.3) is 0 Å². The van der Waals surface area contributed by atoms with Crippen molar-refractivity contribution in [3.8, 4) is 0 Å². The molecule has 4 nitrogen and oxygen atoms in total. The first-order chi connectivity index (χ1) is 9.19. The number of amides is 1. The first-order valence-electron chi connectivity index (χ1n) is 5.78. The monoisotopic (exact) mass is 320 g/mol. The molecule has 0 unspecified atom stereocenters. The van der Waals surface area contributed by atoms with Crippen LogP contribution in [0.1, 0.15) is 21.6 Å². The summed E-state index contributed by atoms with van der Waals surface area (Å²) in [6.07, 6.45) is 0. The van der Waals surface area contributed by atoms with Gasteiger partial charge >= 0.3 is 0 Å². The van der Waals surface area contributed by atoms with E-state index in [4.69, 9.17) is 5.11 Å². The summed E-state index contributed by atoms with van der Waals surface area (Å²) in [4.78, 5) is 15.9. The molecule has 1 amide bonds. The molecule has 0 aliphatic carbocycles. The average molecular weight is 321 g/mol. The fourth-order valence-corrected chi connectivity index (χ4v) is 1.91. The minimum absolute atomic E-state index is 0.0224. The number of nitrogens with zero attached hydrogens (tertiary/aromatic N) is 1. The van der Waals surface area contributed by atoms with Crippen LogP contribution < -0.4 is 5.32 Å². The van der Waals surface area contributed by atoms with Crippen LogP contribution in [0.2, 0.25) is 0 Å². The Morgan fingerprint density at radius 3 is 2.47 bits per heavy atom. The zero-order chi connectivity index (χ0) is 13.7. The molecule has 19 heavy (non-hydrogen) atoms. The van der Waals surface area contributed by atoms with Crippen molar-refractivity contribution in [1.29, 1.82) is 0 Å². The molecule has 1 aromatic heterocycles. The maximum atomic E-state index is 11.9. The highest BCUT2D eigenvalue weighted by atomic mass is 79.9. The van der Waals surface area contributed by atoms with Gasteiger partial charge in [0.25, 0.3) is 5.91 Å². The van der Waals surface area contributed by atoms with Crippen LogP contribution in [-0.2, 0) is 13.2 Å². The van der Waals surface area contributed by atoms with Crippen LogP contribution in [-0.4, -0.2) is 16.0 Å². The number of carbonyl (C=O) groups excluding carboxylic acids is 1. The van der Waals surface area contributed by atoms with Crippen LogP contribution in [0, 0.1) is 0 Å². The number of nitrogens with one attached hydrogen (secondary N) is 1. The number of carbonyl (C=O) groups is 1. The highest BCUT2D eigenvalue weighted by molar-refractivity contribution is 9.10. The number of benzene rings is 1. The van der Waals surface area contributed by atoms with Crippen molar-refractivity contribution in [2.75, 3.05) is 0 Å². The van der Waals surface area contributed by atoms with Gasteiger partial charge in [-0.25, -0.2) is 4.98 Å². The summed E-state index contributed by atoms with van der Waals surface area (Å²) < 4.78 is 0.632. The normalized spacial score (nSPS) is 10.2. The zero-order valence-corrected chi connectivity index (χ0v) is 11.7. The molecular weight excluding hydrogens is 308 g/mol. The Morgan fingerprint density at radius 1 is 1.16 bits per heavy atom. The second-order valence-electron chi connectivity index (χ2n) is 4.00. The van der Waals surface area contributed by atoms with Crippen molar-refractivity contribution in [2.24, 2.45) is 0 Å². The second kappa shape index (κ2) is 6.45. The van der Waals surface area contributed by atoms with Gasteiger partial charge in [-0.3, -0.25) is 4.79 Å². The lowest BCUT2D eigenvalue weighted by Gasteiger charge is -2.05. The number of aliphatic hydroxyl groups excluding tert-OH is 1. The van der Waals surface area contributed by atoms with Gasteiger partial charge in [0.05, 0.1) is 6.61 Å². The van der Waals surface area contributed by atoms with Crippen molar-refractivity contribution >= 4 is 21.8 Å². The first kappa shape index (κ1) is 13.7. The lowest BCUT2D eigenvalue weighted by atomic mass is 10.1. The van der Waals surface area contributed by atoms with Gasteiger partial charge in [-0.15, -0.1) is 0 Å². The van der Waals surface area contributed by atoms with Gasteiger partial charge in [-0.2, -0.15) is 0 Å². The number of aromatic nitrogens is 1. The molecule has 98 valence electrons. The molecule has 0 radical (unpaired) electrons. The van der Waals surface area contributed by atoms with E-state index in [0.717, 1.165) is 11.1 Å². The standard InChI is InChI=1S/C14H13BrN2O2/c15-13-3-1-2-12(17-13)14(19)16-8-10-4-6-11(9-18)7-5-10/h1-7,18H,8-9H2,(H,16,19). The Morgan fingerprint density at radius 2 is 1.84 bits per heavy atom. The van der Waals surface area contributed by atoms with Gasteiger partial charge in [0.1, 0.15) is 10.3 Å². The average Bonchev–Trinajstić information content (AvgIpc) is 2.45. The summed E-state index contributed by atoms with van der Waals surface area (Å²) in [6.45, 7) is 0.452. The molecule has 0 saturated heterocycles. The van der Waals surface area contributed by atoms with Crippen LogP contribution in [0.3, 0.4) is 0 Å². The van der Waals surface area contributed by atoms with Crippen LogP contribution in [0.15, 0.2) is 47.1 Å². The first-order valence-corrected chi connectivity index (χ1v) is 6.58. The summed E-state index contributed by atoms with van der Waals surface area (Å²) in [5.41, 5.74) is 2.20. The summed E-state index contributed by atoms with van der Waals surface area (Å²) in [5.74, 6) is -0.215. The summed E-state index contributed by atoms with van der Waals surface area (Å²) in [5, 5.41) is 11.7. The molecule has 0 aliphatic heterocycles. The maximum absolute atomic E-state index is 11.9. The highest BCUT2D eigenvalue weighted by Gasteiger charge is 2.06. The summed E-state index contributed by atoms with van der Waals surface area (Å²) in [7, 11) is 0. The largest absolute Gasteiger partial charge is 0.392 e. The number of rotatable bonds is 4. The van der Waals surface area contributed by atoms with Crippen molar-refractivity contribution in [3.63, 3.8) is 0 Å². The molecule has 1 aromatic carbocycles. The Labute approximate surface area is 119 Å². The van der Waals surface area contributed by atoms with Crippen molar-refractivity contribution in [3.05, 3.63) is 63.9 Å². The third-order valence-electron chi connectivity index (χ3n) is 2.61. The molecule has 1 heterocycles. The summed E-state index contributed by atoms with van der Waals surface area (Å²) in [6, 6.07) is 12.6. The van der Waals surface area contributed by atoms with E-state index in [2.05, 4.69) is 26.2 Å². The lowest BCUT2D eigenvalue weighted by molar-refractivity contribution is 0.0945. The minimum Gasteiger partial charge on any atom is -0.392 e. The number of hydrogen-bond acceptors (Lipinski definition) is 3. The Bertz CT molecular complexity index is 570. The molecule has 5 heteroatoms. The Balaban J connectivity index is 1.96. The van der Waals surface area contributed by atoms with Gasteiger partial charge in [-0.05, 0) is 39.2 Å². The molecule has 2 aromatic rings. The molecule has 2 rings (SSSR count). The van der Waals surface area contributed by atoms with E-state index < -0.39 is 0 Å². The lowest BCUT2D eigenvalue weighted by Crippen LogP contribution is -2.23. The molecule has 0 fully saturated rings. The Kier molecular flexibility index (Phi) is 4.65. The van der Waals surface area contributed by atoms with Crippen LogP contribution >= 0.6 is 15.9 Å². The van der Waals surface area contributed by atoms with E-state index >= 15 is 0 Å². The smallest absolute Gasteiger partial charge is 0.270 e. The number of hydrogen-bond donors (Lipinski definition) is 2. The molecule has 2 N–H and O–H groups in total. The number of halogens is 1. The highest BCUT2D eigenvalue weighted by Crippen LogP contribution is 2.07. The SMILES string of the molecule is O=C(NCc1ccc(CO)cc1)c1cccc(Br)n1. The van der Waals surface area contributed by atoms with Gasteiger partial charge in [0.15, 0.2) is 0 Å². The number of aliphatic hydroxyl groups is 1. The Hall–Kier alpha value is -1.72. The number of pyridine rings is 1. The van der Waals surface area contributed by atoms with Crippen molar-refractivity contribution in [1.82, 2.24) is 10.3 Å². The van der Waals surface area contributed by atoms with E-state index in [1.54, 1.807) is 18.2 Å². The van der Waals surface area contributed by atoms with Crippen molar-refractivity contribution in [2.45, 2.75) is 13.2 Å². The molecule has 0 aliphatic rings. The molecule has 0 spiro atoms. The summed E-state index contributed by atoms with van der Waals surface area (Å²) >= 11 is 3.23. The molecule has 0 atom stereocenters. The van der Waals surface area contributed by atoms with E-state index in [0.29, 0.717) is 16.8 Å². The third-order valence-corrected chi connectivity index (χ3v) is 3.05. The van der Waals surface area contributed by atoms with E-state index in [9.17, 15) is 4.79 Å². The minimum atomic E-state index is -0.215. The second-order valence-corrected chi connectivity index (χ2v) is 4.82. The predicted molar refractivity (Wildman–Crippen MR) is 75.5 cm³/mol. The van der Waals surface area contributed by atoms with Gasteiger partial charge < -0.3 is 10.4 Å². The van der Waals surface area contributed by atoms with E-state index in [1.807, 2.05) is 24.3 Å². The fraction of sp³-hybridized carbons (Fsp3) is 0.143. The third kappa shape index (κ3) is 3.87. The zero-order valence-electron chi connectivity index (χ0n) is 10.1. The molecular formula is C14H13BrN2O2. The molecule has 0 bridgehead atoms. The maximum Gasteiger partial charge on any atom is 0.270 e. The van der Waals surface area contributed by atoms with Crippen molar-refractivity contribution < 1.29 is 9.90 Å². The molecule has 0 saturated carbocycles. The van der Waals surface area contributed by atoms with E-state index in [-0.39, 0.29) is 12.5 Å².